The van der Waals surface area contributed by atoms with Gasteiger partial charge < -0.3 is 10.5 Å². The molecule has 1 heterocycles. The highest BCUT2D eigenvalue weighted by Crippen LogP contribution is 2.32. The fourth-order valence-electron chi connectivity index (χ4n) is 1.97. The molecule has 2 aromatic rings. The summed E-state index contributed by atoms with van der Waals surface area (Å²) in [5, 5.41) is 4.79. The maximum Gasteiger partial charge on any atom is 0.148 e. The van der Waals surface area contributed by atoms with E-state index in [-0.39, 0.29) is 0 Å². The van der Waals surface area contributed by atoms with E-state index in [1.807, 2.05) is 39.1 Å². The van der Waals surface area contributed by atoms with E-state index >= 15 is 0 Å². The van der Waals surface area contributed by atoms with Gasteiger partial charge in [-0.1, -0.05) is 11.6 Å². The standard InChI is InChI=1S/C13H16ClN3O/c1-4-18-11-6-5-9(7-10(11)14)12-8(2)13(15)16-17(12)3/h5-7H,4H2,1-3H3,(H2,15,16). The van der Waals surface area contributed by atoms with E-state index in [1.54, 1.807) is 4.68 Å². The average molecular weight is 266 g/mol. The Morgan fingerprint density at radius 2 is 2.17 bits per heavy atom. The van der Waals surface area contributed by atoms with Crippen molar-refractivity contribution in [3.63, 3.8) is 0 Å². The van der Waals surface area contributed by atoms with Gasteiger partial charge in [-0.05, 0) is 32.0 Å². The van der Waals surface area contributed by atoms with E-state index in [9.17, 15) is 0 Å². The number of nitrogens with two attached hydrogens (primary N) is 1. The van der Waals surface area contributed by atoms with Gasteiger partial charge in [0, 0.05) is 18.2 Å². The van der Waals surface area contributed by atoms with Crippen molar-refractivity contribution in [2.24, 2.45) is 7.05 Å². The number of anilines is 1. The van der Waals surface area contributed by atoms with Gasteiger partial charge in [-0.15, -0.1) is 0 Å². The zero-order valence-corrected chi connectivity index (χ0v) is 11.5. The molecule has 0 atom stereocenters. The molecular weight excluding hydrogens is 250 g/mol. The van der Waals surface area contributed by atoms with Crippen LogP contribution in [0.2, 0.25) is 5.02 Å². The van der Waals surface area contributed by atoms with E-state index in [2.05, 4.69) is 5.10 Å². The van der Waals surface area contributed by atoms with Crippen molar-refractivity contribution in [1.29, 1.82) is 0 Å². The van der Waals surface area contributed by atoms with Crippen LogP contribution < -0.4 is 10.5 Å². The summed E-state index contributed by atoms with van der Waals surface area (Å²) in [7, 11) is 1.86. The first-order valence-electron chi connectivity index (χ1n) is 5.76. The van der Waals surface area contributed by atoms with Crippen molar-refractivity contribution >= 4 is 17.4 Å². The Balaban J connectivity index is 2.49. The van der Waals surface area contributed by atoms with Gasteiger partial charge in [-0.3, -0.25) is 4.68 Å². The van der Waals surface area contributed by atoms with Crippen LogP contribution >= 0.6 is 11.6 Å². The van der Waals surface area contributed by atoms with Crippen LogP contribution in [0.4, 0.5) is 5.82 Å². The highest BCUT2D eigenvalue weighted by Gasteiger charge is 2.13. The second-order valence-corrected chi connectivity index (χ2v) is 4.47. The summed E-state index contributed by atoms with van der Waals surface area (Å²) >= 11 is 6.18. The summed E-state index contributed by atoms with van der Waals surface area (Å²) < 4.78 is 7.17. The molecule has 1 aromatic heterocycles. The molecule has 0 saturated heterocycles. The first-order chi connectivity index (χ1) is 8.54. The minimum absolute atomic E-state index is 0.539. The Bertz CT molecular complexity index is 578. The third-order valence-corrected chi connectivity index (χ3v) is 3.12. The van der Waals surface area contributed by atoms with Crippen molar-refractivity contribution in [1.82, 2.24) is 9.78 Å². The molecule has 0 aliphatic carbocycles. The summed E-state index contributed by atoms with van der Waals surface area (Å²) in [5.41, 5.74) is 8.71. The summed E-state index contributed by atoms with van der Waals surface area (Å²) in [4.78, 5) is 0. The number of aromatic nitrogens is 2. The van der Waals surface area contributed by atoms with Crippen LogP contribution in [0.25, 0.3) is 11.3 Å². The van der Waals surface area contributed by atoms with Crippen LogP contribution in [-0.2, 0) is 7.05 Å². The molecule has 0 amide bonds. The topological polar surface area (TPSA) is 53.1 Å². The monoisotopic (exact) mass is 265 g/mol. The lowest BCUT2D eigenvalue weighted by Crippen LogP contribution is -1.96. The lowest BCUT2D eigenvalue weighted by Gasteiger charge is -2.08. The fraction of sp³-hybridized carbons (Fsp3) is 0.308. The molecule has 2 rings (SSSR count). The van der Waals surface area contributed by atoms with Crippen LogP contribution in [0.3, 0.4) is 0 Å². The van der Waals surface area contributed by atoms with Crippen LogP contribution in [0.1, 0.15) is 12.5 Å². The predicted octanol–water partition coefficient (Wildman–Crippen LogP) is 3.03. The molecule has 1 aromatic carbocycles. The second kappa shape index (κ2) is 4.90. The van der Waals surface area contributed by atoms with Crippen LogP contribution in [0, 0.1) is 6.92 Å². The van der Waals surface area contributed by atoms with Crippen LogP contribution in [0.15, 0.2) is 18.2 Å². The molecule has 0 unspecified atom stereocenters. The molecule has 18 heavy (non-hydrogen) atoms. The van der Waals surface area contributed by atoms with E-state index in [1.165, 1.54) is 0 Å². The Labute approximate surface area is 111 Å². The molecule has 0 aliphatic rings. The minimum atomic E-state index is 0.539. The van der Waals surface area contributed by atoms with Gasteiger partial charge in [0.15, 0.2) is 0 Å². The van der Waals surface area contributed by atoms with Crippen molar-refractivity contribution in [3.8, 4) is 17.0 Å². The van der Waals surface area contributed by atoms with Gasteiger partial charge in [0.05, 0.1) is 17.3 Å². The maximum absolute atomic E-state index is 6.18. The Morgan fingerprint density at radius 1 is 1.44 bits per heavy atom. The zero-order chi connectivity index (χ0) is 13.3. The molecular formula is C13H16ClN3O. The molecule has 0 radical (unpaired) electrons. The van der Waals surface area contributed by atoms with Crippen molar-refractivity contribution in [3.05, 3.63) is 28.8 Å². The number of halogens is 1. The van der Waals surface area contributed by atoms with Gasteiger partial charge in [0.25, 0.3) is 0 Å². The molecule has 0 spiro atoms. The van der Waals surface area contributed by atoms with Crippen molar-refractivity contribution in [2.75, 3.05) is 12.3 Å². The van der Waals surface area contributed by atoms with E-state index in [0.717, 1.165) is 16.8 Å². The summed E-state index contributed by atoms with van der Waals surface area (Å²) in [6.07, 6.45) is 0. The largest absolute Gasteiger partial charge is 0.492 e. The first-order valence-corrected chi connectivity index (χ1v) is 6.14. The van der Waals surface area contributed by atoms with Gasteiger partial charge >= 0.3 is 0 Å². The van der Waals surface area contributed by atoms with E-state index in [0.29, 0.717) is 23.2 Å². The number of nitrogen functional groups attached to an aromatic ring is 1. The highest BCUT2D eigenvalue weighted by molar-refractivity contribution is 6.32. The quantitative estimate of drug-likeness (QED) is 0.928. The number of hydrogen-bond donors (Lipinski definition) is 1. The molecule has 0 bridgehead atoms. The normalized spacial score (nSPS) is 10.7. The molecule has 4 nitrogen and oxygen atoms in total. The summed E-state index contributed by atoms with van der Waals surface area (Å²) in [5.74, 6) is 1.23. The molecule has 0 fully saturated rings. The Hall–Kier alpha value is -1.68. The second-order valence-electron chi connectivity index (χ2n) is 4.06. The number of hydrogen-bond acceptors (Lipinski definition) is 3. The third-order valence-electron chi connectivity index (χ3n) is 2.83. The summed E-state index contributed by atoms with van der Waals surface area (Å²) in [6, 6.07) is 5.69. The van der Waals surface area contributed by atoms with E-state index in [4.69, 9.17) is 22.1 Å². The number of benzene rings is 1. The van der Waals surface area contributed by atoms with Crippen LogP contribution in [0.5, 0.6) is 5.75 Å². The fourth-order valence-corrected chi connectivity index (χ4v) is 2.21. The molecule has 2 N–H and O–H groups in total. The average Bonchev–Trinajstić information content (AvgIpc) is 2.56. The maximum atomic E-state index is 6.18. The Morgan fingerprint density at radius 3 is 2.67 bits per heavy atom. The SMILES string of the molecule is CCOc1ccc(-c2c(C)c(N)nn2C)cc1Cl. The third kappa shape index (κ3) is 2.16. The predicted molar refractivity (Wildman–Crippen MR) is 74.0 cm³/mol. The number of aryl methyl sites for hydroxylation is 1. The zero-order valence-electron chi connectivity index (χ0n) is 10.7. The Kier molecular flexibility index (Phi) is 3.48. The lowest BCUT2D eigenvalue weighted by atomic mass is 10.1. The first kappa shape index (κ1) is 12.8. The number of rotatable bonds is 3. The smallest absolute Gasteiger partial charge is 0.148 e. The van der Waals surface area contributed by atoms with Gasteiger partial charge in [-0.25, -0.2) is 0 Å². The minimum Gasteiger partial charge on any atom is -0.492 e. The number of nitrogens with zero attached hydrogens (tertiary/aromatic N) is 2. The molecule has 0 saturated carbocycles. The van der Waals surface area contributed by atoms with Crippen molar-refractivity contribution < 1.29 is 4.74 Å². The molecule has 0 aliphatic heterocycles. The molecule has 96 valence electrons. The van der Waals surface area contributed by atoms with E-state index < -0.39 is 0 Å². The van der Waals surface area contributed by atoms with Crippen molar-refractivity contribution in [2.45, 2.75) is 13.8 Å². The molecule has 5 heteroatoms. The van der Waals surface area contributed by atoms with Gasteiger partial charge in [0.1, 0.15) is 11.6 Å². The number of ether oxygens (including phenoxy) is 1. The lowest BCUT2D eigenvalue weighted by molar-refractivity contribution is 0.340. The van der Waals surface area contributed by atoms with Gasteiger partial charge in [-0.2, -0.15) is 5.10 Å². The summed E-state index contributed by atoms with van der Waals surface area (Å²) in [6.45, 7) is 4.47. The highest BCUT2D eigenvalue weighted by atomic mass is 35.5. The van der Waals surface area contributed by atoms with Crippen LogP contribution in [-0.4, -0.2) is 16.4 Å². The van der Waals surface area contributed by atoms with Gasteiger partial charge in [0.2, 0.25) is 0 Å².